The van der Waals surface area contributed by atoms with Crippen LogP contribution in [0.5, 0.6) is 11.5 Å². The minimum absolute atomic E-state index is 0.0947. The molecule has 1 fully saturated rings. The molecule has 44 heavy (non-hydrogen) atoms. The first-order valence-corrected chi connectivity index (χ1v) is 15.0. The number of fused-ring (bicyclic) bond motifs is 3. The van der Waals surface area contributed by atoms with Crippen LogP contribution in [-0.4, -0.2) is 55.9 Å². The Kier molecular flexibility index (Phi) is 8.03. The summed E-state index contributed by atoms with van der Waals surface area (Å²) >= 11 is 0. The predicted octanol–water partition coefficient (Wildman–Crippen LogP) is 6.22. The molecule has 1 aliphatic heterocycles. The average Bonchev–Trinajstić information content (AvgIpc) is 3.33. The Hall–Kier alpha value is -4.79. The summed E-state index contributed by atoms with van der Waals surface area (Å²) in [5, 5.41) is 1.94. The van der Waals surface area contributed by atoms with Crippen LogP contribution in [0.2, 0.25) is 0 Å². The van der Waals surface area contributed by atoms with E-state index in [1.165, 1.54) is 12.7 Å². The molecule has 1 amide bonds. The molecule has 1 aliphatic carbocycles. The molecule has 1 atom stereocenters. The van der Waals surface area contributed by atoms with E-state index in [1.54, 1.807) is 25.1 Å². The predicted molar refractivity (Wildman–Crippen MR) is 168 cm³/mol. The number of nitrogens with zero attached hydrogens (tertiary/aromatic N) is 2. The van der Waals surface area contributed by atoms with Gasteiger partial charge in [-0.2, -0.15) is 0 Å². The van der Waals surface area contributed by atoms with Crippen LogP contribution in [0.3, 0.4) is 0 Å². The van der Waals surface area contributed by atoms with Crippen LogP contribution in [0.25, 0.3) is 21.9 Å². The zero-order valence-corrected chi connectivity index (χ0v) is 25.3. The number of piperidine rings is 1. The summed E-state index contributed by atoms with van der Waals surface area (Å²) in [5.74, 6) is 1.41. The molecule has 2 aliphatic rings. The maximum atomic E-state index is 12.5. The number of ether oxygens (including phenoxy) is 4. The highest BCUT2D eigenvalue weighted by atomic mass is 16.5. The lowest BCUT2D eigenvalue weighted by molar-refractivity contribution is -0.142. The van der Waals surface area contributed by atoms with Crippen molar-refractivity contribution in [2.24, 2.45) is 0 Å². The fourth-order valence-corrected chi connectivity index (χ4v) is 6.80. The lowest BCUT2D eigenvalue weighted by Crippen LogP contribution is -2.44. The lowest BCUT2D eigenvalue weighted by atomic mass is 9.73. The molecule has 228 valence electrons. The number of amides is 1. The van der Waals surface area contributed by atoms with Crippen molar-refractivity contribution >= 4 is 28.7 Å². The summed E-state index contributed by atoms with van der Waals surface area (Å²) in [6.07, 6.45) is 3.56. The van der Waals surface area contributed by atoms with Crippen LogP contribution < -0.4 is 15.2 Å². The Morgan fingerprint density at radius 2 is 1.84 bits per heavy atom. The number of hydrogen-bond donors (Lipinski definition) is 1. The Balaban J connectivity index is 1.42. The second kappa shape index (κ2) is 12.1. The maximum absolute atomic E-state index is 12.5. The van der Waals surface area contributed by atoms with Gasteiger partial charge in [0.25, 0.3) is 0 Å². The van der Waals surface area contributed by atoms with E-state index in [0.717, 1.165) is 52.3 Å². The molecule has 3 aromatic carbocycles. The molecule has 1 saturated heterocycles. The van der Waals surface area contributed by atoms with Crippen molar-refractivity contribution in [1.82, 2.24) is 9.88 Å². The van der Waals surface area contributed by atoms with Crippen LogP contribution in [0.15, 0.2) is 66.9 Å². The Bertz CT molecular complexity index is 1710. The minimum Gasteiger partial charge on any atom is -0.497 e. The SMILES string of the molecule is CCOC(=O)Cc1ccc(OC)cc1OC1CC2(CCN(C(=O)OC)CC2)c2ccc(-c3cccc4c(N)nccc34)cc21. The van der Waals surface area contributed by atoms with Crippen molar-refractivity contribution in [3.05, 3.63) is 83.6 Å². The van der Waals surface area contributed by atoms with Crippen LogP contribution in [0.4, 0.5) is 10.6 Å². The number of pyridine rings is 1. The van der Waals surface area contributed by atoms with E-state index in [0.29, 0.717) is 37.0 Å². The number of nitrogen functional groups attached to an aromatic ring is 1. The topological polar surface area (TPSA) is 113 Å². The summed E-state index contributed by atoms with van der Waals surface area (Å²) < 4.78 is 22.6. The van der Waals surface area contributed by atoms with E-state index in [9.17, 15) is 9.59 Å². The van der Waals surface area contributed by atoms with Gasteiger partial charge in [0.1, 0.15) is 23.4 Å². The number of rotatable bonds is 7. The zero-order valence-electron chi connectivity index (χ0n) is 25.3. The van der Waals surface area contributed by atoms with Gasteiger partial charge in [-0.05, 0) is 72.0 Å². The first kappa shape index (κ1) is 29.3. The smallest absolute Gasteiger partial charge is 0.409 e. The van der Waals surface area contributed by atoms with Crippen molar-refractivity contribution in [2.45, 2.75) is 44.1 Å². The van der Waals surface area contributed by atoms with Crippen LogP contribution in [0.1, 0.15) is 49.0 Å². The highest BCUT2D eigenvalue weighted by Gasteiger charge is 2.47. The molecular formula is C35H37N3O6. The van der Waals surface area contributed by atoms with Gasteiger partial charge >= 0.3 is 12.1 Å². The molecule has 1 spiro atoms. The van der Waals surface area contributed by atoms with E-state index in [-0.39, 0.29) is 30.0 Å². The van der Waals surface area contributed by atoms with Gasteiger partial charge in [0, 0.05) is 41.7 Å². The summed E-state index contributed by atoms with van der Waals surface area (Å²) in [6.45, 7) is 3.31. The Morgan fingerprint density at radius 1 is 1.02 bits per heavy atom. The molecule has 2 heterocycles. The minimum atomic E-state index is -0.312. The first-order chi connectivity index (χ1) is 21.4. The number of likely N-dealkylation sites (tertiary alicyclic amines) is 1. The average molecular weight is 596 g/mol. The number of anilines is 1. The van der Waals surface area contributed by atoms with Crippen LogP contribution in [-0.2, 0) is 26.1 Å². The van der Waals surface area contributed by atoms with Crippen LogP contribution >= 0.6 is 0 Å². The number of aromatic nitrogens is 1. The number of benzene rings is 3. The van der Waals surface area contributed by atoms with E-state index in [4.69, 9.17) is 24.7 Å². The standard InChI is InChI=1S/C35H37N3O6/c1-4-43-32(39)19-23-8-10-24(41-2)20-30(23)44-31-21-35(13-16-38(17-14-35)34(40)42-3)29-11-9-22(18-28(29)31)25-6-5-7-27-26(25)12-15-37-33(27)36/h5-12,15,18,20,31H,4,13-14,16-17,19,21H2,1-3H3,(H2,36,37). The van der Waals surface area contributed by atoms with Gasteiger partial charge in [-0.15, -0.1) is 0 Å². The third kappa shape index (κ3) is 5.38. The molecular weight excluding hydrogens is 558 g/mol. The highest BCUT2D eigenvalue weighted by Crippen LogP contribution is 2.53. The van der Waals surface area contributed by atoms with Gasteiger partial charge < -0.3 is 29.6 Å². The van der Waals surface area contributed by atoms with E-state index in [2.05, 4.69) is 29.2 Å². The summed E-state index contributed by atoms with van der Waals surface area (Å²) in [6, 6.07) is 20.2. The lowest BCUT2D eigenvalue weighted by Gasteiger charge is -2.39. The van der Waals surface area contributed by atoms with Gasteiger partial charge in [0.05, 0.1) is 27.2 Å². The van der Waals surface area contributed by atoms with Crippen molar-refractivity contribution in [1.29, 1.82) is 0 Å². The Morgan fingerprint density at radius 3 is 2.59 bits per heavy atom. The van der Waals surface area contributed by atoms with Gasteiger partial charge in [-0.25, -0.2) is 9.78 Å². The van der Waals surface area contributed by atoms with Crippen molar-refractivity contribution in [2.75, 3.05) is 39.6 Å². The van der Waals surface area contributed by atoms with Gasteiger partial charge in [0.2, 0.25) is 0 Å². The van der Waals surface area contributed by atoms with Crippen molar-refractivity contribution in [3.63, 3.8) is 0 Å². The van der Waals surface area contributed by atoms with E-state index >= 15 is 0 Å². The summed E-state index contributed by atoms with van der Waals surface area (Å²) in [5.41, 5.74) is 11.2. The fourth-order valence-electron chi connectivity index (χ4n) is 6.80. The highest BCUT2D eigenvalue weighted by molar-refractivity contribution is 6.01. The van der Waals surface area contributed by atoms with Crippen molar-refractivity contribution < 1.29 is 28.5 Å². The molecule has 4 aromatic rings. The quantitative estimate of drug-likeness (QED) is 0.251. The zero-order chi connectivity index (χ0) is 30.8. The second-order valence-electron chi connectivity index (χ2n) is 11.4. The van der Waals surface area contributed by atoms with Gasteiger partial charge in [0.15, 0.2) is 0 Å². The number of carbonyl (C=O) groups is 2. The molecule has 2 N–H and O–H groups in total. The number of methoxy groups -OCH3 is 2. The molecule has 0 radical (unpaired) electrons. The molecule has 6 rings (SSSR count). The maximum Gasteiger partial charge on any atom is 0.409 e. The number of carbonyl (C=O) groups excluding carboxylic acids is 2. The monoisotopic (exact) mass is 595 g/mol. The molecule has 0 saturated carbocycles. The van der Waals surface area contributed by atoms with Gasteiger partial charge in [-0.1, -0.05) is 36.4 Å². The van der Waals surface area contributed by atoms with E-state index in [1.807, 2.05) is 36.4 Å². The third-order valence-electron chi connectivity index (χ3n) is 9.03. The fraction of sp³-hybridized carbons (Fsp3) is 0.343. The molecule has 9 heteroatoms. The van der Waals surface area contributed by atoms with E-state index < -0.39 is 0 Å². The molecule has 9 nitrogen and oxygen atoms in total. The number of hydrogen-bond acceptors (Lipinski definition) is 8. The molecule has 0 bridgehead atoms. The van der Waals surface area contributed by atoms with Crippen LogP contribution in [0, 0.1) is 0 Å². The largest absolute Gasteiger partial charge is 0.497 e. The summed E-state index contributed by atoms with van der Waals surface area (Å²) in [4.78, 5) is 30.8. The second-order valence-corrected chi connectivity index (χ2v) is 11.4. The van der Waals surface area contributed by atoms with Crippen molar-refractivity contribution in [3.8, 4) is 22.6 Å². The third-order valence-corrected chi connectivity index (χ3v) is 9.03. The van der Waals surface area contributed by atoms with Gasteiger partial charge in [-0.3, -0.25) is 4.79 Å². The summed E-state index contributed by atoms with van der Waals surface area (Å²) in [7, 11) is 3.03. The number of nitrogens with two attached hydrogens (primary N) is 1. The molecule has 1 unspecified atom stereocenters. The molecule has 1 aromatic heterocycles. The Labute approximate surface area is 256 Å². The normalized spacial score (nSPS) is 16.9. The number of esters is 1. The first-order valence-electron chi connectivity index (χ1n) is 15.0.